The van der Waals surface area contributed by atoms with Gasteiger partial charge in [0.1, 0.15) is 10.5 Å². The molecule has 2 N–H and O–H groups in total. The third-order valence-corrected chi connectivity index (χ3v) is 8.05. The van der Waals surface area contributed by atoms with Crippen LogP contribution in [0.1, 0.15) is 29.0 Å². The number of thiophene rings is 1. The Labute approximate surface area is 205 Å². The first-order chi connectivity index (χ1) is 16.5. The number of hydrogen-bond donors (Lipinski definition) is 2. The second kappa shape index (κ2) is 8.46. The fourth-order valence-electron chi connectivity index (χ4n) is 3.21. The maximum absolute atomic E-state index is 13.5. The van der Waals surface area contributed by atoms with Crippen LogP contribution >= 0.6 is 22.9 Å². The first-order valence-electron chi connectivity index (χ1n) is 10.0. The van der Waals surface area contributed by atoms with E-state index in [-0.39, 0.29) is 42.8 Å². The van der Waals surface area contributed by atoms with E-state index in [1.54, 1.807) is 0 Å². The molecule has 1 aromatic carbocycles. The average Bonchev–Trinajstić information content (AvgIpc) is 3.31. The Balaban J connectivity index is 1.51. The molecule has 15 heteroatoms. The minimum atomic E-state index is -4.79. The molecule has 0 aliphatic heterocycles. The van der Waals surface area contributed by atoms with Gasteiger partial charge in [0, 0.05) is 17.3 Å². The largest absolute Gasteiger partial charge is 0.451 e. The van der Waals surface area contributed by atoms with Crippen LogP contribution < -0.4 is 10.0 Å². The van der Waals surface area contributed by atoms with Crippen molar-refractivity contribution in [3.05, 3.63) is 58.4 Å². The zero-order valence-electron chi connectivity index (χ0n) is 17.4. The molecular formula is C20H14ClF3N6O3S2. The number of halogens is 4. The van der Waals surface area contributed by atoms with Gasteiger partial charge in [-0.15, -0.1) is 11.3 Å². The van der Waals surface area contributed by atoms with Crippen molar-refractivity contribution < 1.29 is 26.4 Å². The molecule has 1 amide bonds. The van der Waals surface area contributed by atoms with Crippen LogP contribution in [0, 0.1) is 0 Å². The quantitative estimate of drug-likeness (QED) is 0.374. The number of benzene rings is 1. The Bertz CT molecular complexity index is 1560. The maximum Gasteiger partial charge on any atom is 0.451 e. The van der Waals surface area contributed by atoms with Crippen LogP contribution in [0.5, 0.6) is 0 Å². The van der Waals surface area contributed by atoms with Gasteiger partial charge in [0.25, 0.3) is 15.9 Å². The Morgan fingerprint density at radius 3 is 2.60 bits per heavy atom. The zero-order valence-corrected chi connectivity index (χ0v) is 19.8. The summed E-state index contributed by atoms with van der Waals surface area (Å²) in [5.41, 5.74) is 0.226. The Kier molecular flexibility index (Phi) is 5.68. The van der Waals surface area contributed by atoms with Crippen molar-refractivity contribution >= 4 is 55.8 Å². The van der Waals surface area contributed by atoms with Gasteiger partial charge >= 0.3 is 6.18 Å². The van der Waals surface area contributed by atoms with Crippen LogP contribution in [-0.4, -0.2) is 39.9 Å². The molecule has 0 atom stereocenters. The molecule has 9 nitrogen and oxygen atoms in total. The summed E-state index contributed by atoms with van der Waals surface area (Å²) >= 11 is 6.56. The Hall–Kier alpha value is -3.23. The second-order valence-corrected chi connectivity index (χ2v) is 11.3. The highest BCUT2D eigenvalue weighted by Gasteiger charge is 2.37. The van der Waals surface area contributed by atoms with Gasteiger partial charge in [-0.2, -0.15) is 13.2 Å². The van der Waals surface area contributed by atoms with E-state index in [0.717, 1.165) is 24.2 Å². The van der Waals surface area contributed by atoms with Crippen molar-refractivity contribution in [3.63, 3.8) is 0 Å². The molecule has 182 valence electrons. The summed E-state index contributed by atoms with van der Waals surface area (Å²) in [5, 5.41) is 2.94. The van der Waals surface area contributed by atoms with E-state index in [0.29, 0.717) is 0 Å². The summed E-state index contributed by atoms with van der Waals surface area (Å²) in [4.78, 5) is 24.1. The number of fused-ring (bicyclic) bond motifs is 1. The first-order valence-corrected chi connectivity index (χ1v) is 12.7. The molecule has 0 saturated heterocycles. The molecule has 1 aliphatic rings. The fraction of sp³-hybridized carbons (Fsp3) is 0.200. The number of nitrogens with zero attached hydrogens (tertiary/aromatic N) is 4. The van der Waals surface area contributed by atoms with E-state index in [2.05, 4.69) is 20.3 Å². The van der Waals surface area contributed by atoms with Crippen molar-refractivity contribution in [1.82, 2.24) is 24.2 Å². The molecule has 0 radical (unpaired) electrons. The van der Waals surface area contributed by atoms with Gasteiger partial charge in [0.15, 0.2) is 17.0 Å². The summed E-state index contributed by atoms with van der Waals surface area (Å²) in [7, 11) is -4.16. The van der Waals surface area contributed by atoms with Gasteiger partial charge in [0.2, 0.25) is 5.82 Å². The normalized spacial score (nSPS) is 14.3. The number of nitrogens with one attached hydrogen (secondary N) is 2. The van der Waals surface area contributed by atoms with Crippen molar-refractivity contribution in [1.29, 1.82) is 0 Å². The van der Waals surface area contributed by atoms with E-state index in [1.807, 2.05) is 4.72 Å². The minimum Gasteiger partial charge on any atom is -0.365 e. The number of imidazole rings is 1. The highest BCUT2D eigenvalue weighted by molar-refractivity contribution is 7.92. The second-order valence-electron chi connectivity index (χ2n) is 7.64. The van der Waals surface area contributed by atoms with Gasteiger partial charge in [0.05, 0.1) is 4.34 Å². The van der Waals surface area contributed by atoms with E-state index in [9.17, 15) is 26.4 Å². The van der Waals surface area contributed by atoms with E-state index in [4.69, 9.17) is 11.6 Å². The molecule has 0 unspecified atom stereocenters. The number of carbonyl (C=O) groups excluding carboxylic acids is 1. The number of sulfonamides is 1. The molecule has 1 fully saturated rings. The topological polar surface area (TPSA) is 119 Å². The molecule has 4 aromatic rings. The van der Waals surface area contributed by atoms with Crippen LogP contribution in [0.15, 0.2) is 46.9 Å². The molecule has 1 aliphatic carbocycles. The number of rotatable bonds is 6. The van der Waals surface area contributed by atoms with Gasteiger partial charge in [-0.05, 0) is 43.2 Å². The van der Waals surface area contributed by atoms with Crippen LogP contribution in [0.3, 0.4) is 0 Å². The summed E-state index contributed by atoms with van der Waals surface area (Å²) in [6.45, 7) is 0. The summed E-state index contributed by atoms with van der Waals surface area (Å²) in [6, 6.07) is 8.34. The van der Waals surface area contributed by atoms with Gasteiger partial charge in [-0.25, -0.2) is 28.1 Å². The lowest BCUT2D eigenvalue weighted by atomic mass is 10.2. The zero-order chi connectivity index (χ0) is 25.0. The highest BCUT2D eigenvalue weighted by atomic mass is 35.5. The summed E-state index contributed by atoms with van der Waals surface area (Å²) in [6.07, 6.45) is -1.90. The summed E-state index contributed by atoms with van der Waals surface area (Å²) < 4.78 is 68.6. The molecule has 1 saturated carbocycles. The van der Waals surface area contributed by atoms with Gasteiger partial charge in [-0.1, -0.05) is 17.7 Å². The molecule has 5 rings (SSSR count). The first kappa shape index (κ1) is 23.5. The average molecular weight is 543 g/mol. The van der Waals surface area contributed by atoms with Gasteiger partial charge in [-0.3, -0.25) is 9.36 Å². The standard InChI is InChI=1S/C20H14ClF3N6O3S2/c21-13-6-7-14(34-13)35(32,33)29-18(31)10-2-1-3-12(8-10)30-9-25-15-16(26-11-4-5-11)27-19(20(22,23)24)28-17(15)30/h1-3,6-9,11H,4-5H2,(H,29,31)(H,26,27,28). The van der Waals surface area contributed by atoms with E-state index >= 15 is 0 Å². The molecule has 35 heavy (non-hydrogen) atoms. The number of hydrogen-bond acceptors (Lipinski definition) is 8. The lowest BCUT2D eigenvalue weighted by Crippen LogP contribution is -2.30. The Morgan fingerprint density at radius 2 is 1.94 bits per heavy atom. The van der Waals surface area contributed by atoms with E-state index < -0.39 is 27.9 Å². The molecular weight excluding hydrogens is 529 g/mol. The number of anilines is 1. The smallest absolute Gasteiger partial charge is 0.365 e. The molecule has 3 aromatic heterocycles. The SMILES string of the molecule is O=C(NS(=O)(=O)c1ccc(Cl)s1)c1cccc(-n2cnc3c(NC4CC4)nc(C(F)(F)F)nc32)c1. The van der Waals surface area contributed by atoms with E-state index in [1.165, 1.54) is 47.3 Å². The number of carbonyl (C=O) groups is 1. The number of alkyl halides is 3. The molecule has 0 bridgehead atoms. The minimum absolute atomic E-state index is 0.0199. The monoisotopic (exact) mass is 542 g/mol. The third-order valence-electron chi connectivity index (χ3n) is 4.99. The van der Waals surface area contributed by atoms with Crippen molar-refractivity contribution in [2.24, 2.45) is 0 Å². The van der Waals surface area contributed by atoms with Crippen LogP contribution in [0.25, 0.3) is 16.9 Å². The Morgan fingerprint density at radius 1 is 1.17 bits per heavy atom. The van der Waals surface area contributed by atoms with Crippen molar-refractivity contribution in [2.45, 2.75) is 29.3 Å². The predicted molar refractivity (Wildman–Crippen MR) is 122 cm³/mol. The van der Waals surface area contributed by atoms with Gasteiger partial charge < -0.3 is 5.32 Å². The lowest BCUT2D eigenvalue weighted by Gasteiger charge is -2.11. The highest BCUT2D eigenvalue weighted by Crippen LogP contribution is 2.33. The van der Waals surface area contributed by atoms with Crippen molar-refractivity contribution in [2.75, 3.05) is 5.32 Å². The molecule has 0 spiro atoms. The predicted octanol–water partition coefficient (Wildman–Crippen LogP) is 4.24. The fourth-order valence-corrected chi connectivity index (χ4v) is 5.66. The lowest BCUT2D eigenvalue weighted by molar-refractivity contribution is -0.144. The summed E-state index contributed by atoms with van der Waals surface area (Å²) in [5.74, 6) is -2.29. The number of amides is 1. The third kappa shape index (κ3) is 4.81. The van der Waals surface area contributed by atoms with Crippen LogP contribution in [0.4, 0.5) is 19.0 Å². The number of aromatic nitrogens is 4. The van der Waals surface area contributed by atoms with Crippen molar-refractivity contribution in [3.8, 4) is 5.69 Å². The maximum atomic E-state index is 13.5. The van der Waals surface area contributed by atoms with Crippen LogP contribution in [-0.2, 0) is 16.2 Å². The molecule has 3 heterocycles. The van der Waals surface area contributed by atoms with Crippen LogP contribution in [0.2, 0.25) is 4.34 Å².